The lowest BCUT2D eigenvalue weighted by Crippen LogP contribution is -2.12. The van der Waals surface area contributed by atoms with Gasteiger partial charge in [-0.2, -0.15) is 0 Å². The normalized spacial score (nSPS) is 10.3. The maximum atomic E-state index is 12.1. The number of amides is 2. The number of aromatic hydroxyl groups is 2. The van der Waals surface area contributed by atoms with Crippen LogP contribution in [0.3, 0.4) is 0 Å². The van der Waals surface area contributed by atoms with Gasteiger partial charge < -0.3 is 20.8 Å². The first kappa shape index (κ1) is 30.2. The average molecular weight is 793 g/mol. The van der Waals surface area contributed by atoms with Gasteiger partial charge in [0.1, 0.15) is 11.5 Å². The first-order chi connectivity index (χ1) is 17.9. The fourth-order valence-electron chi connectivity index (χ4n) is 3.21. The van der Waals surface area contributed by atoms with Gasteiger partial charge in [0, 0.05) is 33.9 Å². The highest BCUT2D eigenvalue weighted by Gasteiger charge is 2.13. The van der Waals surface area contributed by atoms with E-state index in [-0.39, 0.29) is 28.5 Å². The van der Waals surface area contributed by atoms with Crippen LogP contribution >= 0.6 is 77.7 Å². The number of carbonyl (C=O) groups is 2. The number of halogens is 5. The standard InChI is InChI=1S/C14H11ClINO2.C13H8Br2ClNO2/c1-8-4-9(15)6-11(5-8)17-14(19)12-7-10(16)2-3-13(12)18;14-7-3-8(15)5-10(4-7)17-13(19)11-6-9(16)1-2-12(11)18/h2-7,18H,1H3,(H,17,19);1-6,18H,(H,17,19). The summed E-state index contributed by atoms with van der Waals surface area (Å²) in [5.41, 5.74) is 2.53. The molecule has 4 N–H and O–H groups in total. The van der Waals surface area contributed by atoms with E-state index in [9.17, 15) is 19.8 Å². The van der Waals surface area contributed by atoms with Crippen LogP contribution in [0.2, 0.25) is 10.0 Å². The van der Waals surface area contributed by atoms with E-state index in [1.54, 1.807) is 36.4 Å². The summed E-state index contributed by atoms with van der Waals surface area (Å²) >= 11 is 20.5. The largest absolute Gasteiger partial charge is 0.507 e. The van der Waals surface area contributed by atoms with Gasteiger partial charge in [-0.3, -0.25) is 9.59 Å². The van der Waals surface area contributed by atoms with Crippen molar-refractivity contribution < 1.29 is 19.8 Å². The van der Waals surface area contributed by atoms with Gasteiger partial charge in [-0.1, -0.05) is 55.1 Å². The van der Waals surface area contributed by atoms with Crippen molar-refractivity contribution in [2.45, 2.75) is 6.92 Å². The SMILES string of the molecule is Cc1cc(Cl)cc(NC(=O)c2cc(I)ccc2O)c1.O=C(Nc1cc(Br)cc(Br)c1)c1cc(Cl)ccc1O. The highest BCUT2D eigenvalue weighted by atomic mass is 127. The molecule has 0 saturated carbocycles. The van der Waals surface area contributed by atoms with Gasteiger partial charge in [-0.15, -0.1) is 0 Å². The summed E-state index contributed by atoms with van der Waals surface area (Å²) in [5.74, 6) is -0.949. The lowest BCUT2D eigenvalue weighted by Gasteiger charge is -2.08. The fourth-order valence-corrected chi connectivity index (χ4v) is 5.46. The minimum absolute atomic E-state index is 0.0448. The zero-order valence-corrected chi connectivity index (χ0v) is 26.4. The number of hydrogen-bond acceptors (Lipinski definition) is 4. The second-order valence-electron chi connectivity index (χ2n) is 7.91. The van der Waals surface area contributed by atoms with E-state index in [0.29, 0.717) is 21.4 Å². The monoisotopic (exact) mass is 790 g/mol. The van der Waals surface area contributed by atoms with Gasteiger partial charge in [-0.25, -0.2) is 0 Å². The Hall–Kier alpha value is -2.31. The topological polar surface area (TPSA) is 98.7 Å². The number of nitrogens with one attached hydrogen (secondary N) is 2. The van der Waals surface area contributed by atoms with Crippen molar-refractivity contribution >= 4 is 101 Å². The third-order valence-electron chi connectivity index (χ3n) is 4.83. The zero-order valence-electron chi connectivity index (χ0n) is 19.5. The van der Waals surface area contributed by atoms with E-state index < -0.39 is 5.91 Å². The maximum Gasteiger partial charge on any atom is 0.259 e. The van der Waals surface area contributed by atoms with Crippen molar-refractivity contribution in [3.05, 3.63) is 112 Å². The second kappa shape index (κ2) is 13.7. The molecule has 4 aromatic rings. The van der Waals surface area contributed by atoms with Gasteiger partial charge >= 0.3 is 0 Å². The molecule has 0 saturated heterocycles. The van der Waals surface area contributed by atoms with Crippen LogP contribution in [-0.2, 0) is 0 Å². The van der Waals surface area contributed by atoms with E-state index in [4.69, 9.17) is 23.2 Å². The Morgan fingerprint density at radius 2 is 1.24 bits per heavy atom. The predicted octanol–water partition coefficient (Wildman–Crippen LogP) is 9.03. The number of hydrogen-bond donors (Lipinski definition) is 4. The van der Waals surface area contributed by atoms with Gasteiger partial charge in [-0.05, 0) is 108 Å². The Morgan fingerprint density at radius 1 is 0.711 bits per heavy atom. The van der Waals surface area contributed by atoms with Crippen molar-refractivity contribution in [1.29, 1.82) is 0 Å². The Kier molecular flexibility index (Phi) is 10.9. The maximum absolute atomic E-state index is 12.1. The Balaban J connectivity index is 0.000000211. The van der Waals surface area contributed by atoms with E-state index >= 15 is 0 Å². The summed E-state index contributed by atoms with van der Waals surface area (Å²) in [6.07, 6.45) is 0. The van der Waals surface area contributed by atoms with Gasteiger partial charge in [0.25, 0.3) is 11.8 Å². The lowest BCUT2D eigenvalue weighted by molar-refractivity contribution is 0.101. The second-order valence-corrected chi connectivity index (χ2v) is 11.9. The molecule has 196 valence electrons. The molecule has 11 heteroatoms. The molecule has 0 unspecified atom stereocenters. The van der Waals surface area contributed by atoms with Crippen LogP contribution in [0.4, 0.5) is 11.4 Å². The summed E-state index contributed by atoms with van der Waals surface area (Å²) < 4.78 is 2.53. The average Bonchev–Trinajstić information content (AvgIpc) is 2.81. The first-order valence-electron chi connectivity index (χ1n) is 10.7. The minimum Gasteiger partial charge on any atom is -0.507 e. The van der Waals surface area contributed by atoms with Crippen LogP contribution in [0.1, 0.15) is 26.3 Å². The van der Waals surface area contributed by atoms with E-state index in [0.717, 1.165) is 18.1 Å². The fraction of sp³-hybridized carbons (Fsp3) is 0.0370. The molecule has 0 aromatic heterocycles. The highest BCUT2D eigenvalue weighted by molar-refractivity contribution is 14.1. The Bertz CT molecular complexity index is 1370. The summed E-state index contributed by atoms with van der Waals surface area (Å²) in [6.45, 7) is 1.89. The summed E-state index contributed by atoms with van der Waals surface area (Å²) in [4.78, 5) is 24.1. The van der Waals surface area contributed by atoms with Gasteiger partial charge in [0.15, 0.2) is 0 Å². The van der Waals surface area contributed by atoms with Crippen LogP contribution in [0.15, 0.2) is 81.7 Å². The van der Waals surface area contributed by atoms with Crippen LogP contribution in [0, 0.1) is 10.5 Å². The van der Waals surface area contributed by atoms with E-state index in [1.165, 1.54) is 24.3 Å². The number of phenolic OH excluding ortho intramolecular Hbond substituents is 2. The number of rotatable bonds is 4. The molecule has 0 aliphatic rings. The summed E-state index contributed by atoms with van der Waals surface area (Å²) in [5, 5.41) is 25.7. The molecule has 0 aliphatic heterocycles. The molecule has 0 bridgehead atoms. The molecule has 0 radical (unpaired) electrons. The highest BCUT2D eigenvalue weighted by Crippen LogP contribution is 2.26. The smallest absolute Gasteiger partial charge is 0.259 e. The van der Waals surface area contributed by atoms with Crippen molar-refractivity contribution in [3.63, 3.8) is 0 Å². The van der Waals surface area contributed by atoms with Gasteiger partial charge in [0.2, 0.25) is 0 Å². The third-order valence-corrected chi connectivity index (χ3v) is 6.87. The minimum atomic E-state index is -0.426. The van der Waals surface area contributed by atoms with Crippen LogP contribution in [-0.4, -0.2) is 22.0 Å². The van der Waals surface area contributed by atoms with Crippen molar-refractivity contribution in [1.82, 2.24) is 0 Å². The zero-order chi connectivity index (χ0) is 28.0. The quantitative estimate of drug-likeness (QED) is 0.155. The number of phenols is 2. The van der Waals surface area contributed by atoms with E-state index in [2.05, 4.69) is 65.1 Å². The molecule has 2 amide bonds. The molecular formula is C27H19Br2Cl2IN2O4. The Labute approximate surface area is 259 Å². The molecule has 6 nitrogen and oxygen atoms in total. The molecule has 0 spiro atoms. The predicted molar refractivity (Wildman–Crippen MR) is 168 cm³/mol. The number of anilines is 2. The lowest BCUT2D eigenvalue weighted by atomic mass is 10.1. The van der Waals surface area contributed by atoms with Crippen molar-refractivity contribution in [3.8, 4) is 11.5 Å². The molecule has 0 heterocycles. The molecule has 38 heavy (non-hydrogen) atoms. The van der Waals surface area contributed by atoms with E-state index in [1.807, 2.05) is 19.1 Å². The molecule has 0 aliphatic carbocycles. The van der Waals surface area contributed by atoms with Gasteiger partial charge in [0.05, 0.1) is 11.1 Å². The molecule has 4 aromatic carbocycles. The van der Waals surface area contributed by atoms with Crippen LogP contribution < -0.4 is 10.6 Å². The molecule has 0 fully saturated rings. The number of carbonyl (C=O) groups excluding carboxylic acids is 2. The summed E-state index contributed by atoms with van der Waals surface area (Å²) in [7, 11) is 0. The third kappa shape index (κ3) is 8.88. The molecule has 4 rings (SSSR count). The van der Waals surface area contributed by atoms with Crippen LogP contribution in [0.5, 0.6) is 11.5 Å². The summed E-state index contributed by atoms with van der Waals surface area (Å²) in [6, 6.07) is 19.8. The van der Waals surface area contributed by atoms with Crippen molar-refractivity contribution in [2.75, 3.05) is 10.6 Å². The molecule has 0 atom stereocenters. The Morgan fingerprint density at radius 3 is 1.82 bits per heavy atom. The first-order valence-corrected chi connectivity index (χ1v) is 14.2. The van der Waals surface area contributed by atoms with Crippen LogP contribution in [0.25, 0.3) is 0 Å². The molecular weight excluding hydrogens is 774 g/mol. The van der Waals surface area contributed by atoms with Crippen molar-refractivity contribution in [2.24, 2.45) is 0 Å². The number of aryl methyl sites for hydroxylation is 1. The number of benzene rings is 4.